The molecule has 148 valence electrons. The molecular formula is C25H22N4O. The van der Waals surface area contributed by atoms with Crippen molar-refractivity contribution in [3.05, 3.63) is 102 Å². The van der Waals surface area contributed by atoms with Crippen LogP contribution in [0.1, 0.15) is 16.7 Å². The minimum absolute atomic E-state index is 0.354. The summed E-state index contributed by atoms with van der Waals surface area (Å²) in [4.78, 5) is 4.13. The molecule has 0 aliphatic carbocycles. The Morgan fingerprint density at radius 1 is 0.900 bits per heavy atom. The van der Waals surface area contributed by atoms with Gasteiger partial charge in [-0.2, -0.15) is 0 Å². The van der Waals surface area contributed by atoms with Gasteiger partial charge in [-0.15, -0.1) is 0 Å². The minimum atomic E-state index is 0.354. The van der Waals surface area contributed by atoms with Gasteiger partial charge in [0, 0.05) is 47.4 Å². The van der Waals surface area contributed by atoms with Crippen LogP contribution in [0.4, 0.5) is 0 Å². The summed E-state index contributed by atoms with van der Waals surface area (Å²) in [5.41, 5.74) is 4.45. The molecule has 0 bridgehead atoms. The van der Waals surface area contributed by atoms with E-state index in [0.29, 0.717) is 23.9 Å². The van der Waals surface area contributed by atoms with Crippen molar-refractivity contribution in [2.75, 3.05) is 6.54 Å². The first-order chi connectivity index (χ1) is 14.8. The fraction of sp³-hybridized carbons (Fsp3) is 0.0800. The fourth-order valence-electron chi connectivity index (χ4n) is 3.36. The summed E-state index contributed by atoms with van der Waals surface area (Å²) >= 11 is 0. The lowest BCUT2D eigenvalue weighted by Gasteiger charge is -2.11. The van der Waals surface area contributed by atoms with E-state index in [9.17, 15) is 0 Å². The number of nitrogens with zero attached hydrogens (tertiary/aromatic N) is 1. The van der Waals surface area contributed by atoms with Crippen molar-refractivity contribution in [3.63, 3.8) is 0 Å². The van der Waals surface area contributed by atoms with E-state index in [1.165, 1.54) is 6.21 Å². The molecule has 0 fully saturated rings. The van der Waals surface area contributed by atoms with E-state index in [0.717, 1.165) is 34.2 Å². The molecule has 0 saturated carbocycles. The Morgan fingerprint density at radius 2 is 1.63 bits per heavy atom. The quantitative estimate of drug-likeness (QED) is 0.299. The Labute approximate surface area is 175 Å². The van der Waals surface area contributed by atoms with Crippen LogP contribution in [0.2, 0.25) is 0 Å². The van der Waals surface area contributed by atoms with Crippen molar-refractivity contribution in [3.8, 4) is 22.6 Å². The molecule has 4 rings (SSSR count). The summed E-state index contributed by atoms with van der Waals surface area (Å²) in [5.74, 6) is 1.75. The van der Waals surface area contributed by atoms with Crippen LogP contribution in [0, 0.1) is 10.8 Å². The van der Waals surface area contributed by atoms with E-state index < -0.39 is 0 Å². The zero-order valence-corrected chi connectivity index (χ0v) is 16.4. The summed E-state index contributed by atoms with van der Waals surface area (Å²) in [6, 6.07) is 23.2. The molecule has 0 saturated heterocycles. The molecule has 0 aliphatic heterocycles. The summed E-state index contributed by atoms with van der Waals surface area (Å²) < 4.78 is 6.13. The molecular weight excluding hydrogens is 372 g/mol. The van der Waals surface area contributed by atoms with Crippen LogP contribution in [0.3, 0.4) is 0 Å². The Morgan fingerprint density at radius 3 is 2.40 bits per heavy atom. The van der Waals surface area contributed by atoms with Gasteiger partial charge in [-0.25, -0.2) is 0 Å². The minimum Gasteiger partial charge on any atom is -0.456 e. The molecule has 4 aromatic rings. The third kappa shape index (κ3) is 4.20. The topological polar surface area (TPSA) is 85.8 Å². The molecule has 0 unspecified atom stereocenters. The first kappa shape index (κ1) is 19.3. The summed E-state index contributed by atoms with van der Waals surface area (Å²) in [5, 5.41) is 19.3. The summed E-state index contributed by atoms with van der Waals surface area (Å²) in [7, 11) is 0. The Bertz CT molecular complexity index is 1160. The van der Waals surface area contributed by atoms with Gasteiger partial charge in [-0.1, -0.05) is 54.6 Å². The van der Waals surface area contributed by atoms with E-state index in [2.05, 4.69) is 10.3 Å². The molecule has 0 aliphatic rings. The number of aromatic nitrogens is 1. The molecule has 0 spiro atoms. The van der Waals surface area contributed by atoms with E-state index in [-0.39, 0.29) is 0 Å². The predicted octanol–water partition coefficient (Wildman–Crippen LogP) is 5.16. The summed E-state index contributed by atoms with van der Waals surface area (Å²) in [6.45, 7) is 0.648. The van der Waals surface area contributed by atoms with Crippen molar-refractivity contribution in [2.24, 2.45) is 0 Å². The van der Waals surface area contributed by atoms with Crippen LogP contribution in [0.15, 0.2) is 89.6 Å². The lowest BCUT2D eigenvalue weighted by molar-refractivity contribution is 0.597. The van der Waals surface area contributed by atoms with Gasteiger partial charge in [-0.3, -0.25) is 10.4 Å². The van der Waals surface area contributed by atoms with Crippen molar-refractivity contribution in [1.82, 2.24) is 10.3 Å². The molecule has 30 heavy (non-hydrogen) atoms. The fourth-order valence-corrected chi connectivity index (χ4v) is 3.36. The smallest absolute Gasteiger partial charge is 0.135 e. The molecule has 5 nitrogen and oxygen atoms in total. The maximum Gasteiger partial charge on any atom is 0.135 e. The largest absolute Gasteiger partial charge is 0.456 e. The highest BCUT2D eigenvalue weighted by atomic mass is 16.3. The monoisotopic (exact) mass is 394 g/mol. The highest BCUT2D eigenvalue weighted by Crippen LogP contribution is 2.31. The first-order valence-electron chi connectivity index (χ1n) is 9.77. The molecule has 5 heteroatoms. The molecule has 2 aromatic carbocycles. The van der Waals surface area contributed by atoms with E-state index in [4.69, 9.17) is 15.2 Å². The van der Waals surface area contributed by atoms with Crippen LogP contribution in [-0.4, -0.2) is 23.6 Å². The second kappa shape index (κ2) is 9.01. The van der Waals surface area contributed by atoms with E-state index in [1.54, 1.807) is 6.20 Å². The Balaban J connectivity index is 1.54. The predicted molar refractivity (Wildman–Crippen MR) is 120 cm³/mol. The number of hydrogen-bond donors (Lipinski definition) is 3. The van der Waals surface area contributed by atoms with Gasteiger partial charge in [0.2, 0.25) is 0 Å². The highest BCUT2D eigenvalue weighted by molar-refractivity contribution is 6.02. The lowest BCUT2D eigenvalue weighted by atomic mass is 10.0. The third-order valence-corrected chi connectivity index (χ3v) is 4.89. The van der Waals surface area contributed by atoms with Gasteiger partial charge < -0.3 is 15.1 Å². The second-order valence-corrected chi connectivity index (χ2v) is 6.85. The van der Waals surface area contributed by atoms with Gasteiger partial charge in [-0.05, 0) is 30.2 Å². The average molecular weight is 394 g/mol. The molecule has 2 aromatic heterocycles. The molecule has 2 heterocycles. The SMILES string of the molecule is N=Cc1ccccc1-c1ccc(-c2ccccc2C(=N)NCCc2cccnc2)o1. The van der Waals surface area contributed by atoms with E-state index in [1.807, 2.05) is 79.0 Å². The lowest BCUT2D eigenvalue weighted by Crippen LogP contribution is -2.26. The molecule has 3 N–H and O–H groups in total. The second-order valence-electron chi connectivity index (χ2n) is 6.85. The normalized spacial score (nSPS) is 10.5. The van der Waals surface area contributed by atoms with Gasteiger partial charge in [0.15, 0.2) is 0 Å². The number of nitrogens with one attached hydrogen (secondary N) is 3. The van der Waals surface area contributed by atoms with Gasteiger partial charge in [0.25, 0.3) is 0 Å². The molecule has 0 amide bonds. The van der Waals surface area contributed by atoms with Crippen molar-refractivity contribution < 1.29 is 4.42 Å². The van der Waals surface area contributed by atoms with Crippen molar-refractivity contribution in [1.29, 1.82) is 10.8 Å². The van der Waals surface area contributed by atoms with Gasteiger partial charge >= 0.3 is 0 Å². The number of hydrogen-bond acceptors (Lipinski definition) is 4. The van der Waals surface area contributed by atoms with Crippen LogP contribution in [0.25, 0.3) is 22.6 Å². The number of amidine groups is 1. The Hall–Kier alpha value is -3.99. The average Bonchev–Trinajstić information content (AvgIpc) is 3.29. The maximum absolute atomic E-state index is 8.52. The van der Waals surface area contributed by atoms with Crippen LogP contribution < -0.4 is 5.32 Å². The summed E-state index contributed by atoms with van der Waals surface area (Å²) in [6.07, 6.45) is 5.72. The standard InChI is InChI=1S/C25H22N4O/c26-16-19-7-1-2-8-20(19)23-11-12-24(30-23)21-9-3-4-10-22(21)25(27)29-15-13-18-6-5-14-28-17-18/h1-12,14,16-17,26H,13,15H2,(H2,27,29). The van der Waals surface area contributed by atoms with Crippen LogP contribution in [0.5, 0.6) is 0 Å². The maximum atomic E-state index is 8.52. The number of furan rings is 1. The Kier molecular flexibility index (Phi) is 5.80. The number of benzene rings is 2. The number of rotatable bonds is 7. The molecule has 0 atom stereocenters. The van der Waals surface area contributed by atoms with Crippen molar-refractivity contribution >= 4 is 12.1 Å². The number of pyridine rings is 1. The molecule has 0 radical (unpaired) electrons. The van der Waals surface area contributed by atoms with Crippen molar-refractivity contribution in [2.45, 2.75) is 6.42 Å². The van der Waals surface area contributed by atoms with Crippen LogP contribution in [-0.2, 0) is 6.42 Å². The van der Waals surface area contributed by atoms with Crippen LogP contribution >= 0.6 is 0 Å². The third-order valence-electron chi connectivity index (χ3n) is 4.89. The van der Waals surface area contributed by atoms with Gasteiger partial charge in [0.1, 0.15) is 17.4 Å². The zero-order valence-electron chi connectivity index (χ0n) is 16.4. The highest BCUT2D eigenvalue weighted by Gasteiger charge is 2.14. The van der Waals surface area contributed by atoms with E-state index >= 15 is 0 Å². The zero-order chi connectivity index (χ0) is 20.8. The first-order valence-corrected chi connectivity index (χ1v) is 9.77. The van der Waals surface area contributed by atoms with Gasteiger partial charge in [0.05, 0.1) is 0 Å².